The summed E-state index contributed by atoms with van der Waals surface area (Å²) in [7, 11) is 6.50. The van der Waals surface area contributed by atoms with Gasteiger partial charge in [-0.15, -0.1) is 0 Å². The first kappa shape index (κ1) is 48.0. The van der Waals surface area contributed by atoms with Gasteiger partial charge < -0.3 is 42.7 Å². The van der Waals surface area contributed by atoms with E-state index in [4.69, 9.17) is 28.2 Å². The Morgan fingerprint density at radius 3 is 1.38 bits per heavy atom. The van der Waals surface area contributed by atoms with E-state index in [1.54, 1.807) is 12.5 Å². The summed E-state index contributed by atoms with van der Waals surface area (Å²) >= 11 is 0. The first-order valence-electron chi connectivity index (χ1n) is 22.7. The van der Waals surface area contributed by atoms with Crippen molar-refractivity contribution >= 4 is 50.2 Å². The number of aryl methyl sites for hydroxylation is 3. The van der Waals surface area contributed by atoms with Crippen LogP contribution in [0.15, 0.2) is 68.6 Å². The highest BCUT2D eigenvalue weighted by Gasteiger charge is 2.22. The van der Waals surface area contributed by atoms with Gasteiger partial charge in [0.2, 0.25) is 0 Å². The Hall–Kier alpha value is -4.65. The number of hydrogen-bond donors (Lipinski definition) is 0. The quantitative estimate of drug-likeness (QED) is 0.160. The number of nitrogens with zero attached hydrogens (tertiary/aromatic N) is 9. The van der Waals surface area contributed by atoms with Crippen LogP contribution in [-0.2, 0) is 19.3 Å². The van der Waals surface area contributed by atoms with Crippen molar-refractivity contribution < 1.29 is 13.3 Å². The lowest BCUT2D eigenvalue weighted by molar-refractivity contribution is 0.312. The third-order valence-corrected chi connectivity index (χ3v) is 11.0. The van der Waals surface area contributed by atoms with E-state index in [1.165, 1.54) is 0 Å². The summed E-state index contributed by atoms with van der Waals surface area (Å²) in [5.74, 6) is 3.19. The Balaban J connectivity index is 0.000000187. The number of pyridine rings is 3. The summed E-state index contributed by atoms with van der Waals surface area (Å²) in [6.07, 6.45) is 10.0. The van der Waals surface area contributed by atoms with Gasteiger partial charge in [-0.1, -0.05) is 62.3 Å². The molecule has 0 unspecified atom stereocenters. The van der Waals surface area contributed by atoms with E-state index >= 15 is 0 Å². The minimum Gasteiger partial charge on any atom is -0.471 e. The Morgan fingerprint density at radius 2 is 0.883 bits per heavy atom. The third kappa shape index (κ3) is 12.2. The molecule has 0 amide bonds. The fourth-order valence-electron chi connectivity index (χ4n) is 7.31. The average Bonchev–Trinajstić information content (AvgIpc) is 4.11. The van der Waals surface area contributed by atoms with E-state index in [9.17, 15) is 0 Å². The molecule has 0 atom stereocenters. The van der Waals surface area contributed by atoms with Gasteiger partial charge in [-0.2, -0.15) is 0 Å². The number of piperazine rings is 3. The zero-order valence-corrected chi connectivity index (χ0v) is 39.1. The predicted molar refractivity (Wildman–Crippen MR) is 253 cm³/mol. The molecule has 12 heteroatoms. The molecule has 0 saturated carbocycles. The number of hydrogen-bond acceptors (Lipinski definition) is 12. The molecule has 3 aliphatic heterocycles. The van der Waals surface area contributed by atoms with Crippen LogP contribution in [0.4, 0.5) is 17.5 Å². The maximum atomic E-state index is 5.61. The number of furan rings is 3. The highest BCUT2D eigenvalue weighted by molar-refractivity contribution is 5.92. The average molecular weight is 826 g/mol. The van der Waals surface area contributed by atoms with Crippen LogP contribution in [0.1, 0.15) is 79.4 Å². The molecule has 9 rings (SSSR count). The first-order chi connectivity index (χ1) is 29.3. The molecule has 9 heterocycles. The monoisotopic (exact) mass is 826 g/mol. The maximum absolute atomic E-state index is 5.61. The summed E-state index contributed by atoms with van der Waals surface area (Å²) in [6, 6.07) is 10.3. The van der Waals surface area contributed by atoms with Crippen molar-refractivity contribution in [3.63, 3.8) is 0 Å². The number of likely N-dealkylation sites (N-methyl/N-ethyl adjacent to an activating group) is 3. The fraction of sp³-hybridized carbons (Fsp3) is 0.562. The predicted octanol–water partition coefficient (Wildman–Crippen LogP) is 9.50. The Labute approximate surface area is 360 Å². The van der Waals surface area contributed by atoms with Crippen molar-refractivity contribution in [2.24, 2.45) is 0 Å². The molecule has 3 fully saturated rings. The van der Waals surface area contributed by atoms with Gasteiger partial charge in [0.1, 0.15) is 23.5 Å². The molecule has 0 aliphatic carbocycles. The molecule has 0 bridgehead atoms. The lowest BCUT2D eigenvalue weighted by atomic mass is 10.2. The summed E-state index contributed by atoms with van der Waals surface area (Å²) in [5.41, 5.74) is 5.26. The Kier molecular flexibility index (Phi) is 19.7. The summed E-state index contributed by atoms with van der Waals surface area (Å²) in [6.45, 7) is 31.2. The highest BCUT2D eigenvalue weighted by Crippen LogP contribution is 2.30. The van der Waals surface area contributed by atoms with Gasteiger partial charge >= 0.3 is 0 Å². The zero-order chi connectivity index (χ0) is 43.6. The van der Waals surface area contributed by atoms with E-state index in [-0.39, 0.29) is 0 Å². The molecule has 6 aromatic rings. The molecule has 12 nitrogen and oxygen atoms in total. The van der Waals surface area contributed by atoms with Gasteiger partial charge in [-0.3, -0.25) is 0 Å². The van der Waals surface area contributed by atoms with E-state index in [0.717, 1.165) is 165 Å². The molecule has 0 radical (unpaired) electrons. The van der Waals surface area contributed by atoms with Crippen LogP contribution < -0.4 is 14.7 Å². The number of anilines is 3. The summed E-state index contributed by atoms with van der Waals surface area (Å²) in [4.78, 5) is 28.5. The van der Waals surface area contributed by atoms with Crippen LogP contribution >= 0.6 is 0 Å². The van der Waals surface area contributed by atoms with Crippen molar-refractivity contribution in [2.75, 3.05) is 114 Å². The fourth-order valence-corrected chi connectivity index (χ4v) is 7.31. The number of rotatable bonds is 6. The molecule has 0 aromatic carbocycles. The van der Waals surface area contributed by atoms with Gasteiger partial charge in [0.05, 0.1) is 29.6 Å². The van der Waals surface area contributed by atoms with Gasteiger partial charge in [0, 0.05) is 112 Å². The van der Waals surface area contributed by atoms with Crippen LogP contribution in [0, 0.1) is 0 Å². The van der Waals surface area contributed by atoms with Crippen LogP contribution in [0.3, 0.4) is 0 Å². The van der Waals surface area contributed by atoms with Crippen LogP contribution in [0.2, 0.25) is 0 Å². The highest BCUT2D eigenvalue weighted by atomic mass is 16.3. The van der Waals surface area contributed by atoms with Gasteiger partial charge in [-0.25, -0.2) is 15.0 Å². The Morgan fingerprint density at radius 1 is 0.467 bits per heavy atom. The van der Waals surface area contributed by atoms with Gasteiger partial charge in [0.25, 0.3) is 0 Å². The zero-order valence-electron chi connectivity index (χ0n) is 39.1. The largest absolute Gasteiger partial charge is 0.471 e. The second kappa shape index (κ2) is 24.6. The van der Waals surface area contributed by atoms with E-state index in [0.29, 0.717) is 0 Å². The minimum absolute atomic E-state index is 0.928. The first-order valence-corrected chi connectivity index (χ1v) is 22.7. The molecule has 3 saturated heterocycles. The van der Waals surface area contributed by atoms with Crippen LogP contribution in [0.5, 0.6) is 0 Å². The topological polar surface area (TPSA) is 97.5 Å². The molecule has 0 spiro atoms. The van der Waals surface area contributed by atoms with Crippen molar-refractivity contribution in [2.45, 2.75) is 81.6 Å². The van der Waals surface area contributed by atoms with Gasteiger partial charge in [0.15, 0.2) is 11.4 Å². The molecule has 60 heavy (non-hydrogen) atoms. The standard InChI is InChI=1S/3C14H19N3O.3C2H6/c1-3-12-10-11-4-9-18-13(11)14(15-12)17-7-5-16(2)6-8-17;1-3-11-10-13-12(4-9-18-13)14(15-11)17-7-5-16(2)6-8-17;1-3-12-8-11-9-18-10-13(11)14(15-12)17-6-4-16(2)5-7-17;3*1-2/h2*4,9-10H,3,5-8H2,1-2H3;8-10H,3-7H2,1-2H3;3*1-2H3. The number of aromatic nitrogens is 3. The molecule has 6 aromatic heterocycles. The van der Waals surface area contributed by atoms with Crippen molar-refractivity contribution in [3.8, 4) is 0 Å². The maximum Gasteiger partial charge on any atom is 0.176 e. The second-order valence-corrected chi connectivity index (χ2v) is 14.8. The van der Waals surface area contributed by atoms with E-state index < -0.39 is 0 Å². The molecule has 0 N–H and O–H groups in total. The van der Waals surface area contributed by atoms with Crippen molar-refractivity contribution in [3.05, 3.63) is 72.5 Å². The molecular formula is C48H75N9O3. The lowest BCUT2D eigenvalue weighted by Gasteiger charge is -2.33. The third-order valence-electron chi connectivity index (χ3n) is 11.0. The molecular weight excluding hydrogens is 751 g/mol. The van der Waals surface area contributed by atoms with Crippen molar-refractivity contribution in [1.29, 1.82) is 0 Å². The molecule has 3 aliphatic rings. The second-order valence-electron chi connectivity index (χ2n) is 14.8. The SMILES string of the molecule is CC.CC.CC.CCc1cc2ccoc2c(N2CCN(C)CC2)n1.CCc1cc2cocc2c(N2CCN(C)CC2)n1.CCc1cc2occc2c(N2CCN(C)CC2)n1. The minimum atomic E-state index is 0.928. The smallest absolute Gasteiger partial charge is 0.176 e. The van der Waals surface area contributed by atoms with Gasteiger partial charge in [-0.05, 0) is 64.7 Å². The Bertz CT molecular complexity index is 1860. The van der Waals surface area contributed by atoms with E-state index in [1.807, 2.05) is 66.2 Å². The normalized spacial score (nSPS) is 16.1. The van der Waals surface area contributed by atoms with E-state index in [2.05, 4.69) is 89.5 Å². The van der Waals surface area contributed by atoms with Crippen LogP contribution in [0.25, 0.3) is 32.7 Å². The van der Waals surface area contributed by atoms with Crippen molar-refractivity contribution in [1.82, 2.24) is 29.7 Å². The van der Waals surface area contributed by atoms with Crippen LogP contribution in [-0.4, -0.2) is 129 Å². The summed E-state index contributed by atoms with van der Waals surface area (Å²) < 4.78 is 16.5. The molecule has 330 valence electrons. The number of fused-ring (bicyclic) bond motifs is 3. The lowest BCUT2D eigenvalue weighted by Crippen LogP contribution is -2.44. The summed E-state index contributed by atoms with van der Waals surface area (Å²) in [5, 5.41) is 4.60.